The van der Waals surface area contributed by atoms with Gasteiger partial charge in [-0.2, -0.15) is 0 Å². The van der Waals surface area contributed by atoms with Gasteiger partial charge in [-0.1, -0.05) is 122 Å². The van der Waals surface area contributed by atoms with Crippen LogP contribution in [0.2, 0.25) is 0 Å². The average molecular weight is 739 g/mol. The van der Waals surface area contributed by atoms with Gasteiger partial charge in [0.1, 0.15) is 23.0 Å². The Morgan fingerprint density at radius 2 is 0.821 bits per heavy atom. The second-order valence-corrected chi connectivity index (χ2v) is 14.9. The first kappa shape index (κ1) is 35.6. The highest BCUT2D eigenvalue weighted by molar-refractivity contribution is 6.11. The van der Waals surface area contributed by atoms with E-state index in [1.807, 2.05) is 60.7 Å². The molecule has 1 aliphatic carbocycles. The summed E-state index contributed by atoms with van der Waals surface area (Å²) in [7, 11) is 3.38. The summed E-state index contributed by atoms with van der Waals surface area (Å²) in [5.41, 5.74) is 5.07. The second kappa shape index (κ2) is 15.2. The molecular weight excluding hydrogens is 693 g/mol. The number of hydrogen-bond donors (Lipinski definition) is 4. The first-order chi connectivity index (χ1) is 27.5. The largest absolute Gasteiger partial charge is 0.507 e. The smallest absolute Gasteiger partial charge is 0.128 e. The molecule has 8 aromatic carbocycles. The summed E-state index contributed by atoms with van der Waals surface area (Å²) >= 11 is 0. The molecular formula is C50H46N2O4. The third kappa shape index (κ3) is 6.35. The highest BCUT2D eigenvalue weighted by atomic mass is 16.5. The van der Waals surface area contributed by atoms with E-state index < -0.39 is 0 Å². The van der Waals surface area contributed by atoms with E-state index >= 15 is 0 Å². The quantitative estimate of drug-likeness (QED) is 0.112. The predicted octanol–water partition coefficient (Wildman–Crippen LogP) is 11.3. The Bertz CT molecular complexity index is 2550. The summed E-state index contributed by atoms with van der Waals surface area (Å²) in [5, 5.41) is 40.4. The van der Waals surface area contributed by atoms with Crippen molar-refractivity contribution in [1.29, 1.82) is 0 Å². The maximum atomic E-state index is 12.2. The van der Waals surface area contributed by atoms with E-state index in [0.717, 1.165) is 114 Å². The molecule has 0 bridgehead atoms. The van der Waals surface area contributed by atoms with Crippen LogP contribution >= 0.6 is 0 Å². The molecule has 0 radical (unpaired) electrons. The SMILES string of the molecule is COc1ccc2ccccc2c1-c1c(O)c(CNC2CCCC[C@@H]2NCc2cc3ccccc3c(-c3c(OC)ccc4ccccc34)c2O)cc2ccccc12. The van der Waals surface area contributed by atoms with Crippen LogP contribution < -0.4 is 20.1 Å². The number of phenolic OH excluding ortho intramolecular Hbond substituents is 2. The topological polar surface area (TPSA) is 83.0 Å². The van der Waals surface area contributed by atoms with E-state index in [9.17, 15) is 10.2 Å². The molecule has 0 spiro atoms. The Morgan fingerprint density at radius 1 is 0.464 bits per heavy atom. The Hall–Kier alpha value is -6.08. The first-order valence-electron chi connectivity index (χ1n) is 19.6. The maximum Gasteiger partial charge on any atom is 0.128 e. The number of methoxy groups -OCH3 is 2. The fourth-order valence-corrected chi connectivity index (χ4v) is 9.03. The summed E-state index contributed by atoms with van der Waals surface area (Å²) in [6.07, 6.45) is 4.28. The molecule has 280 valence electrons. The van der Waals surface area contributed by atoms with Gasteiger partial charge in [-0.3, -0.25) is 0 Å². The minimum atomic E-state index is 0.172. The zero-order valence-electron chi connectivity index (χ0n) is 31.8. The van der Waals surface area contributed by atoms with E-state index in [-0.39, 0.29) is 23.6 Å². The Morgan fingerprint density at radius 3 is 1.21 bits per heavy atom. The van der Waals surface area contributed by atoms with Gasteiger partial charge in [0.2, 0.25) is 0 Å². The second-order valence-electron chi connectivity index (χ2n) is 14.9. The molecule has 0 heterocycles. The summed E-state index contributed by atoms with van der Waals surface area (Å²) in [4.78, 5) is 0. The Kier molecular flexibility index (Phi) is 9.68. The van der Waals surface area contributed by atoms with Gasteiger partial charge in [0.25, 0.3) is 0 Å². The van der Waals surface area contributed by atoms with Gasteiger partial charge >= 0.3 is 0 Å². The van der Waals surface area contributed by atoms with Crippen molar-refractivity contribution in [2.45, 2.75) is 50.9 Å². The normalized spacial score (nSPS) is 15.8. The van der Waals surface area contributed by atoms with Crippen LogP contribution in [0, 0.1) is 0 Å². The van der Waals surface area contributed by atoms with Crippen molar-refractivity contribution in [1.82, 2.24) is 10.6 Å². The monoisotopic (exact) mass is 738 g/mol. The number of nitrogens with one attached hydrogen (secondary N) is 2. The molecule has 2 atom stereocenters. The van der Waals surface area contributed by atoms with Crippen LogP contribution in [-0.2, 0) is 13.1 Å². The van der Waals surface area contributed by atoms with Gasteiger partial charge in [0, 0.05) is 58.6 Å². The van der Waals surface area contributed by atoms with Crippen LogP contribution in [-0.4, -0.2) is 36.5 Å². The number of ether oxygens (including phenoxy) is 2. The number of hydrogen-bond acceptors (Lipinski definition) is 6. The van der Waals surface area contributed by atoms with Crippen molar-refractivity contribution in [3.05, 3.63) is 145 Å². The molecule has 0 saturated heterocycles. The van der Waals surface area contributed by atoms with Crippen LogP contribution in [0.4, 0.5) is 0 Å². The zero-order valence-corrected chi connectivity index (χ0v) is 31.8. The van der Waals surface area contributed by atoms with Crippen molar-refractivity contribution < 1.29 is 19.7 Å². The summed E-state index contributed by atoms with van der Waals surface area (Å²) in [6.45, 7) is 1.01. The average Bonchev–Trinajstić information content (AvgIpc) is 3.25. The minimum absolute atomic E-state index is 0.172. The molecule has 6 heteroatoms. The van der Waals surface area contributed by atoms with E-state index in [4.69, 9.17) is 9.47 Å². The zero-order chi connectivity index (χ0) is 38.2. The van der Waals surface area contributed by atoms with Crippen LogP contribution in [0.5, 0.6) is 23.0 Å². The number of benzene rings is 8. The molecule has 8 aromatic rings. The lowest BCUT2D eigenvalue weighted by atomic mass is 9.88. The van der Waals surface area contributed by atoms with Gasteiger partial charge in [-0.25, -0.2) is 0 Å². The van der Waals surface area contributed by atoms with Crippen LogP contribution in [0.15, 0.2) is 133 Å². The highest BCUT2D eigenvalue weighted by Crippen LogP contribution is 2.48. The van der Waals surface area contributed by atoms with E-state index in [1.54, 1.807) is 14.2 Å². The third-order valence-electron chi connectivity index (χ3n) is 11.8. The van der Waals surface area contributed by atoms with E-state index in [1.165, 1.54) is 0 Å². The molecule has 0 aliphatic heterocycles. The molecule has 4 N–H and O–H groups in total. The van der Waals surface area contributed by atoms with Crippen molar-refractivity contribution in [2.24, 2.45) is 0 Å². The predicted molar refractivity (Wildman–Crippen MR) is 230 cm³/mol. The van der Waals surface area contributed by atoms with Crippen molar-refractivity contribution in [2.75, 3.05) is 14.2 Å². The molecule has 0 aromatic heterocycles. The lowest BCUT2D eigenvalue weighted by molar-refractivity contribution is 0.279. The summed E-state index contributed by atoms with van der Waals surface area (Å²) in [5.74, 6) is 1.99. The molecule has 6 nitrogen and oxygen atoms in total. The van der Waals surface area contributed by atoms with Gasteiger partial charge in [0.15, 0.2) is 0 Å². The number of fused-ring (bicyclic) bond motifs is 4. The van der Waals surface area contributed by atoms with Gasteiger partial charge in [-0.05, 0) is 80.2 Å². The maximum absolute atomic E-state index is 12.2. The lowest BCUT2D eigenvalue weighted by Gasteiger charge is -2.33. The minimum Gasteiger partial charge on any atom is -0.507 e. The molecule has 1 aliphatic rings. The third-order valence-corrected chi connectivity index (χ3v) is 11.8. The Labute approximate surface area is 327 Å². The summed E-state index contributed by atoms with van der Waals surface area (Å²) in [6, 6.07) is 45.7. The van der Waals surface area contributed by atoms with Gasteiger partial charge in [-0.15, -0.1) is 0 Å². The van der Waals surface area contributed by atoms with Crippen molar-refractivity contribution in [3.8, 4) is 45.3 Å². The number of aromatic hydroxyl groups is 2. The van der Waals surface area contributed by atoms with Crippen LogP contribution in [0.1, 0.15) is 36.8 Å². The van der Waals surface area contributed by atoms with Crippen molar-refractivity contribution >= 4 is 43.1 Å². The molecule has 1 saturated carbocycles. The fourth-order valence-electron chi connectivity index (χ4n) is 9.03. The molecule has 1 fully saturated rings. The fraction of sp³-hybridized carbons (Fsp3) is 0.200. The molecule has 0 amide bonds. The highest BCUT2D eigenvalue weighted by Gasteiger charge is 2.27. The lowest BCUT2D eigenvalue weighted by Crippen LogP contribution is -2.49. The van der Waals surface area contributed by atoms with E-state index in [2.05, 4.69) is 83.4 Å². The standard InChI is InChI=1S/C50H46N2O4/c1-55-43-25-23-31-13-3-7-17-37(31)45(43)47-39-19-9-5-15-33(39)27-35(49(47)53)29-51-41-21-11-12-22-42(41)52-30-36-28-34-16-6-10-20-40(34)48(50(36)54)46-38-18-8-4-14-32(38)24-26-44(46)56-2/h3-10,13-20,23-28,41-42,51-54H,11-12,21-22,29-30H2,1-2H3/t41-,42?/m0/s1. The number of phenols is 2. The first-order valence-corrected chi connectivity index (χ1v) is 19.6. The molecule has 56 heavy (non-hydrogen) atoms. The van der Waals surface area contributed by atoms with E-state index in [0.29, 0.717) is 13.1 Å². The molecule has 9 rings (SSSR count). The number of rotatable bonds is 10. The Balaban J connectivity index is 1.04. The summed E-state index contributed by atoms with van der Waals surface area (Å²) < 4.78 is 11.8. The van der Waals surface area contributed by atoms with Gasteiger partial charge < -0.3 is 30.3 Å². The van der Waals surface area contributed by atoms with Crippen LogP contribution in [0.3, 0.4) is 0 Å². The van der Waals surface area contributed by atoms with Gasteiger partial charge in [0.05, 0.1) is 14.2 Å². The van der Waals surface area contributed by atoms with Crippen LogP contribution in [0.25, 0.3) is 65.3 Å². The molecule has 1 unspecified atom stereocenters. The van der Waals surface area contributed by atoms with Crippen molar-refractivity contribution in [3.63, 3.8) is 0 Å².